The van der Waals surface area contributed by atoms with Crippen molar-refractivity contribution >= 4 is 39.8 Å². The number of hydrogen-bond donors (Lipinski definition) is 3. The van der Waals surface area contributed by atoms with Gasteiger partial charge in [0, 0.05) is 53.4 Å². The maximum absolute atomic E-state index is 13.4. The standard InChI is InChI=1S/C36H37N5O3/c1-4-41(5-2)23-22-37-34(42)26-16-19-28(20-17-26)38-33(25-12-8-6-9-13-25)32-30-24-27(18-21-31(30)39-35(32)43)36(44)40(3)29-14-10-7-11-15-29/h6-21,24,39,43H,4-5,22-23H2,1-3H3,(H,37,42). The zero-order valence-corrected chi connectivity index (χ0v) is 25.2. The number of aliphatic imine (C=N–C) groups is 1. The van der Waals surface area contributed by atoms with Crippen molar-refractivity contribution in [2.24, 2.45) is 4.99 Å². The van der Waals surface area contributed by atoms with Crippen LogP contribution in [0.1, 0.15) is 45.7 Å². The number of nitrogens with zero attached hydrogens (tertiary/aromatic N) is 3. The monoisotopic (exact) mass is 587 g/mol. The first-order valence-electron chi connectivity index (χ1n) is 14.8. The van der Waals surface area contributed by atoms with Crippen molar-refractivity contribution in [1.29, 1.82) is 0 Å². The molecular weight excluding hydrogens is 550 g/mol. The summed E-state index contributed by atoms with van der Waals surface area (Å²) >= 11 is 0. The van der Waals surface area contributed by atoms with E-state index < -0.39 is 0 Å². The molecule has 0 fully saturated rings. The number of aromatic nitrogens is 1. The lowest BCUT2D eigenvalue weighted by molar-refractivity contribution is 0.0947. The van der Waals surface area contributed by atoms with Crippen molar-refractivity contribution in [2.75, 3.05) is 38.1 Å². The fourth-order valence-corrected chi connectivity index (χ4v) is 5.16. The molecule has 0 atom stereocenters. The number of rotatable bonds is 11. The number of anilines is 1. The van der Waals surface area contributed by atoms with Crippen molar-refractivity contribution in [3.63, 3.8) is 0 Å². The van der Waals surface area contributed by atoms with Gasteiger partial charge in [-0.2, -0.15) is 0 Å². The highest BCUT2D eigenvalue weighted by Crippen LogP contribution is 2.33. The van der Waals surface area contributed by atoms with Crippen LogP contribution in [0, 0.1) is 0 Å². The molecule has 0 bridgehead atoms. The Kier molecular flexibility index (Phi) is 9.52. The van der Waals surface area contributed by atoms with Gasteiger partial charge in [-0.1, -0.05) is 62.4 Å². The molecule has 8 heteroatoms. The molecule has 44 heavy (non-hydrogen) atoms. The highest BCUT2D eigenvalue weighted by molar-refractivity contribution is 6.22. The minimum atomic E-state index is -0.172. The second kappa shape index (κ2) is 13.8. The topological polar surface area (TPSA) is 101 Å². The fourth-order valence-electron chi connectivity index (χ4n) is 5.16. The van der Waals surface area contributed by atoms with Crippen LogP contribution in [0.3, 0.4) is 0 Å². The quantitative estimate of drug-likeness (QED) is 0.156. The number of fused-ring (bicyclic) bond motifs is 1. The van der Waals surface area contributed by atoms with E-state index in [-0.39, 0.29) is 17.7 Å². The molecular formula is C36H37N5O3. The molecule has 8 nitrogen and oxygen atoms in total. The van der Waals surface area contributed by atoms with E-state index in [1.165, 1.54) is 0 Å². The van der Waals surface area contributed by atoms with E-state index in [1.54, 1.807) is 54.4 Å². The zero-order valence-electron chi connectivity index (χ0n) is 25.2. The smallest absolute Gasteiger partial charge is 0.258 e. The predicted octanol–water partition coefficient (Wildman–Crippen LogP) is 6.39. The summed E-state index contributed by atoms with van der Waals surface area (Å²) < 4.78 is 0. The minimum absolute atomic E-state index is 0.0483. The lowest BCUT2D eigenvalue weighted by atomic mass is 9.99. The number of carbonyl (C=O) groups is 2. The molecule has 0 saturated heterocycles. The Morgan fingerprint density at radius 1 is 0.818 bits per heavy atom. The summed E-state index contributed by atoms with van der Waals surface area (Å²) in [6.07, 6.45) is 0. The number of nitrogens with one attached hydrogen (secondary N) is 2. The normalized spacial score (nSPS) is 11.6. The van der Waals surface area contributed by atoms with Gasteiger partial charge < -0.3 is 25.2 Å². The third-order valence-corrected chi connectivity index (χ3v) is 7.74. The Bertz CT molecular complexity index is 1760. The number of carbonyl (C=O) groups excluding carboxylic acids is 2. The molecule has 0 aliphatic heterocycles. The van der Waals surface area contributed by atoms with Crippen LogP contribution in [-0.4, -0.2) is 65.7 Å². The lowest BCUT2D eigenvalue weighted by Crippen LogP contribution is -2.34. The number of amides is 2. The van der Waals surface area contributed by atoms with Crippen molar-refractivity contribution in [2.45, 2.75) is 13.8 Å². The number of likely N-dealkylation sites (N-methyl/N-ethyl adjacent to an activating group) is 1. The van der Waals surface area contributed by atoms with E-state index in [2.05, 4.69) is 29.0 Å². The van der Waals surface area contributed by atoms with Crippen LogP contribution in [0.5, 0.6) is 5.88 Å². The van der Waals surface area contributed by atoms with E-state index in [1.807, 2.05) is 60.7 Å². The third-order valence-electron chi connectivity index (χ3n) is 7.74. The first-order valence-corrected chi connectivity index (χ1v) is 14.8. The molecule has 5 rings (SSSR count). The highest BCUT2D eigenvalue weighted by atomic mass is 16.3. The average molecular weight is 588 g/mol. The van der Waals surface area contributed by atoms with E-state index in [4.69, 9.17) is 4.99 Å². The molecule has 0 radical (unpaired) electrons. The summed E-state index contributed by atoms with van der Waals surface area (Å²) in [4.78, 5) is 38.0. The van der Waals surface area contributed by atoms with Gasteiger partial charge in [-0.15, -0.1) is 0 Å². The van der Waals surface area contributed by atoms with E-state index >= 15 is 0 Å². The fraction of sp³-hybridized carbons (Fsp3) is 0.194. The molecule has 0 aliphatic carbocycles. The summed E-state index contributed by atoms with van der Waals surface area (Å²) in [5.74, 6) is -0.357. The first kappa shape index (κ1) is 30.3. The SMILES string of the molecule is CCN(CC)CCNC(=O)c1ccc(N=C(c2ccccc2)c2c(O)[nH]c3ccc(C(=O)N(C)c4ccccc4)cc23)cc1. The zero-order chi connectivity index (χ0) is 31.1. The second-order valence-electron chi connectivity index (χ2n) is 10.5. The van der Waals surface area contributed by atoms with Gasteiger partial charge in [0.1, 0.15) is 0 Å². The number of benzene rings is 4. The Morgan fingerprint density at radius 3 is 2.11 bits per heavy atom. The summed E-state index contributed by atoms with van der Waals surface area (Å²) in [6.45, 7) is 7.46. The van der Waals surface area contributed by atoms with Gasteiger partial charge in [0.25, 0.3) is 11.8 Å². The molecule has 2 amide bonds. The number of para-hydroxylation sites is 1. The predicted molar refractivity (Wildman–Crippen MR) is 177 cm³/mol. The molecule has 0 saturated carbocycles. The van der Waals surface area contributed by atoms with Crippen LogP contribution < -0.4 is 10.2 Å². The van der Waals surface area contributed by atoms with Crippen LogP contribution >= 0.6 is 0 Å². The molecule has 5 aromatic rings. The number of H-pyrrole nitrogens is 1. The molecule has 1 aromatic heterocycles. The maximum atomic E-state index is 13.4. The van der Waals surface area contributed by atoms with Crippen LogP contribution in [0.25, 0.3) is 10.9 Å². The van der Waals surface area contributed by atoms with E-state index in [0.717, 1.165) is 30.9 Å². The van der Waals surface area contributed by atoms with Crippen LogP contribution in [0.15, 0.2) is 108 Å². The average Bonchev–Trinajstić information content (AvgIpc) is 3.40. The van der Waals surface area contributed by atoms with Gasteiger partial charge in [0.05, 0.1) is 17.0 Å². The molecule has 1 heterocycles. The maximum Gasteiger partial charge on any atom is 0.258 e. The molecule has 0 aliphatic rings. The number of aromatic hydroxyl groups is 1. The molecule has 0 spiro atoms. The molecule has 224 valence electrons. The van der Waals surface area contributed by atoms with Gasteiger partial charge in [0.2, 0.25) is 0 Å². The summed E-state index contributed by atoms with van der Waals surface area (Å²) in [5, 5.41) is 14.8. The summed E-state index contributed by atoms with van der Waals surface area (Å²) in [7, 11) is 1.74. The van der Waals surface area contributed by atoms with Gasteiger partial charge in [0.15, 0.2) is 5.88 Å². The van der Waals surface area contributed by atoms with E-state index in [9.17, 15) is 14.7 Å². The van der Waals surface area contributed by atoms with Crippen molar-refractivity contribution in [3.8, 4) is 5.88 Å². The first-order chi connectivity index (χ1) is 21.4. The lowest BCUT2D eigenvalue weighted by Gasteiger charge is -2.18. The van der Waals surface area contributed by atoms with Gasteiger partial charge in [-0.3, -0.25) is 9.59 Å². The van der Waals surface area contributed by atoms with Crippen LogP contribution in [0.2, 0.25) is 0 Å². The van der Waals surface area contributed by atoms with Crippen molar-refractivity contribution in [1.82, 2.24) is 15.2 Å². The van der Waals surface area contributed by atoms with Gasteiger partial charge in [-0.05, 0) is 67.7 Å². The Morgan fingerprint density at radius 2 is 1.45 bits per heavy atom. The Hall–Kier alpha value is -5.21. The van der Waals surface area contributed by atoms with Crippen LogP contribution in [-0.2, 0) is 0 Å². The van der Waals surface area contributed by atoms with Gasteiger partial charge in [-0.25, -0.2) is 4.99 Å². The third kappa shape index (κ3) is 6.71. The van der Waals surface area contributed by atoms with Crippen molar-refractivity contribution < 1.29 is 14.7 Å². The number of aromatic amines is 1. The molecule has 0 unspecified atom stereocenters. The van der Waals surface area contributed by atoms with Crippen molar-refractivity contribution in [3.05, 3.63) is 125 Å². The molecule has 4 aromatic carbocycles. The Labute approximate surface area is 257 Å². The highest BCUT2D eigenvalue weighted by Gasteiger charge is 2.21. The minimum Gasteiger partial charge on any atom is -0.494 e. The second-order valence-corrected chi connectivity index (χ2v) is 10.5. The summed E-state index contributed by atoms with van der Waals surface area (Å²) in [6, 6.07) is 31.4. The summed E-state index contributed by atoms with van der Waals surface area (Å²) in [5.41, 5.74) is 4.92. The number of hydrogen-bond acceptors (Lipinski definition) is 5. The van der Waals surface area contributed by atoms with Gasteiger partial charge >= 0.3 is 0 Å². The van der Waals surface area contributed by atoms with E-state index in [0.29, 0.717) is 45.5 Å². The largest absolute Gasteiger partial charge is 0.494 e. The Balaban J connectivity index is 1.48. The van der Waals surface area contributed by atoms with Crippen LogP contribution in [0.4, 0.5) is 11.4 Å². The molecule has 3 N–H and O–H groups in total.